The second kappa shape index (κ2) is 10.9. The first-order valence-corrected chi connectivity index (χ1v) is 12.3. The van der Waals surface area contributed by atoms with Gasteiger partial charge in [0.25, 0.3) is 5.91 Å². The van der Waals surface area contributed by atoms with Crippen LogP contribution in [0.1, 0.15) is 41.6 Å². The van der Waals surface area contributed by atoms with Crippen molar-refractivity contribution in [1.29, 1.82) is 0 Å². The zero-order valence-corrected chi connectivity index (χ0v) is 19.4. The minimum atomic E-state index is -0.743. The van der Waals surface area contributed by atoms with Crippen LogP contribution in [-0.2, 0) is 16.0 Å². The Morgan fingerprint density at radius 1 is 1.00 bits per heavy atom. The van der Waals surface area contributed by atoms with E-state index in [0.29, 0.717) is 50.0 Å². The molecule has 0 aromatic heterocycles. The SMILES string of the molecule is O=C(NCCNC(=O)C1Cc2ccc(F)cc2S1)c1ccc(O[C@H]2CC[C@@H](C(=O)O)CC2)cc1. The molecule has 1 aliphatic heterocycles. The number of benzene rings is 2. The highest BCUT2D eigenvalue weighted by atomic mass is 32.2. The Balaban J connectivity index is 1.15. The van der Waals surface area contributed by atoms with Crippen LogP contribution in [0, 0.1) is 11.7 Å². The van der Waals surface area contributed by atoms with Crippen molar-refractivity contribution >= 4 is 29.5 Å². The van der Waals surface area contributed by atoms with E-state index >= 15 is 0 Å². The van der Waals surface area contributed by atoms with E-state index in [1.54, 1.807) is 30.3 Å². The van der Waals surface area contributed by atoms with Gasteiger partial charge in [0, 0.05) is 23.5 Å². The largest absolute Gasteiger partial charge is 0.490 e. The van der Waals surface area contributed by atoms with Gasteiger partial charge < -0.3 is 20.5 Å². The second-order valence-electron chi connectivity index (χ2n) is 8.56. The Bertz CT molecular complexity index is 1050. The molecule has 7 nitrogen and oxygen atoms in total. The Morgan fingerprint density at radius 3 is 2.41 bits per heavy atom. The van der Waals surface area contributed by atoms with Gasteiger partial charge in [-0.1, -0.05) is 6.07 Å². The number of carboxylic acid groups (broad SMARTS) is 1. The van der Waals surface area contributed by atoms with Crippen molar-refractivity contribution in [2.75, 3.05) is 13.1 Å². The Morgan fingerprint density at radius 2 is 1.71 bits per heavy atom. The molecular weight excluding hydrogens is 459 g/mol. The molecule has 1 heterocycles. The van der Waals surface area contributed by atoms with Crippen molar-refractivity contribution in [3.63, 3.8) is 0 Å². The predicted octanol–water partition coefficient (Wildman–Crippen LogP) is 3.41. The smallest absolute Gasteiger partial charge is 0.306 e. The summed E-state index contributed by atoms with van der Waals surface area (Å²) in [5, 5.41) is 14.4. The number of carbonyl (C=O) groups is 3. The van der Waals surface area contributed by atoms with Crippen LogP contribution >= 0.6 is 11.8 Å². The van der Waals surface area contributed by atoms with Crippen LogP contribution in [0.4, 0.5) is 4.39 Å². The summed E-state index contributed by atoms with van der Waals surface area (Å²) < 4.78 is 19.3. The summed E-state index contributed by atoms with van der Waals surface area (Å²) in [6.07, 6.45) is 3.18. The lowest BCUT2D eigenvalue weighted by molar-refractivity contribution is -0.143. The number of hydrogen-bond donors (Lipinski definition) is 3. The Kier molecular flexibility index (Phi) is 7.72. The summed E-state index contributed by atoms with van der Waals surface area (Å²) in [6, 6.07) is 11.4. The van der Waals surface area contributed by atoms with Crippen molar-refractivity contribution in [2.45, 2.75) is 48.4 Å². The number of fused-ring (bicyclic) bond motifs is 1. The minimum Gasteiger partial charge on any atom is -0.490 e. The molecule has 2 aromatic rings. The zero-order chi connectivity index (χ0) is 24.1. The lowest BCUT2D eigenvalue weighted by Crippen LogP contribution is -2.38. The average Bonchev–Trinajstić information content (AvgIpc) is 3.26. The van der Waals surface area contributed by atoms with Crippen molar-refractivity contribution in [2.24, 2.45) is 5.92 Å². The fourth-order valence-electron chi connectivity index (χ4n) is 4.23. The number of halogens is 1. The number of hydrogen-bond acceptors (Lipinski definition) is 5. The molecule has 180 valence electrons. The molecule has 0 bridgehead atoms. The van der Waals surface area contributed by atoms with Gasteiger partial charge in [-0.25, -0.2) is 4.39 Å². The van der Waals surface area contributed by atoms with E-state index in [1.807, 2.05) is 0 Å². The van der Waals surface area contributed by atoms with Gasteiger partial charge in [-0.3, -0.25) is 14.4 Å². The van der Waals surface area contributed by atoms with Crippen molar-refractivity contribution in [3.05, 3.63) is 59.4 Å². The maximum absolute atomic E-state index is 13.3. The number of carbonyl (C=O) groups excluding carboxylic acids is 2. The molecule has 0 radical (unpaired) electrons. The predicted molar refractivity (Wildman–Crippen MR) is 126 cm³/mol. The maximum atomic E-state index is 13.3. The Labute approximate surface area is 201 Å². The molecule has 2 aliphatic rings. The van der Waals surface area contributed by atoms with E-state index in [4.69, 9.17) is 9.84 Å². The molecule has 0 spiro atoms. The van der Waals surface area contributed by atoms with E-state index in [0.717, 1.165) is 10.5 Å². The number of rotatable bonds is 8. The summed E-state index contributed by atoms with van der Waals surface area (Å²) in [6.45, 7) is 0.584. The van der Waals surface area contributed by atoms with Crippen molar-refractivity contribution in [1.82, 2.24) is 10.6 Å². The molecule has 1 aliphatic carbocycles. The lowest BCUT2D eigenvalue weighted by atomic mass is 9.87. The molecule has 1 atom stereocenters. The molecule has 1 unspecified atom stereocenters. The van der Waals surface area contributed by atoms with E-state index in [2.05, 4.69) is 10.6 Å². The van der Waals surface area contributed by atoms with E-state index in [-0.39, 0.29) is 41.4 Å². The molecule has 9 heteroatoms. The van der Waals surface area contributed by atoms with Gasteiger partial charge in [-0.2, -0.15) is 0 Å². The van der Waals surface area contributed by atoms with Crippen LogP contribution in [0.3, 0.4) is 0 Å². The molecule has 3 N–H and O–H groups in total. The number of amides is 2. The Hall–Kier alpha value is -3.07. The molecule has 34 heavy (non-hydrogen) atoms. The average molecular weight is 487 g/mol. The third-order valence-corrected chi connectivity index (χ3v) is 7.45. The molecule has 1 saturated carbocycles. The second-order valence-corrected chi connectivity index (χ2v) is 9.81. The van der Waals surface area contributed by atoms with Crippen LogP contribution in [0.2, 0.25) is 0 Å². The number of nitrogens with one attached hydrogen (secondary N) is 2. The first kappa shape index (κ1) is 24.1. The van der Waals surface area contributed by atoms with Crippen molar-refractivity contribution in [3.8, 4) is 5.75 Å². The van der Waals surface area contributed by atoms with Gasteiger partial charge in [-0.05, 0) is 74.1 Å². The summed E-state index contributed by atoms with van der Waals surface area (Å²) in [7, 11) is 0. The highest BCUT2D eigenvalue weighted by Crippen LogP contribution is 2.37. The third-order valence-electron chi connectivity index (χ3n) is 6.15. The molecular formula is C25H27FN2O5S. The number of aliphatic carboxylic acids is 1. The molecule has 2 aromatic carbocycles. The van der Waals surface area contributed by atoms with E-state index in [1.165, 1.54) is 23.9 Å². The third kappa shape index (κ3) is 6.08. The minimum absolute atomic E-state index is 0.0104. The van der Waals surface area contributed by atoms with Gasteiger partial charge in [-0.15, -0.1) is 11.8 Å². The van der Waals surface area contributed by atoms with E-state index < -0.39 is 5.97 Å². The van der Waals surface area contributed by atoms with Crippen LogP contribution in [-0.4, -0.2) is 47.3 Å². The van der Waals surface area contributed by atoms with Crippen LogP contribution < -0.4 is 15.4 Å². The number of ether oxygens (including phenoxy) is 1. The fraction of sp³-hybridized carbons (Fsp3) is 0.400. The monoisotopic (exact) mass is 486 g/mol. The van der Waals surface area contributed by atoms with Gasteiger partial charge >= 0.3 is 5.97 Å². The fourth-order valence-corrected chi connectivity index (χ4v) is 5.47. The first-order valence-electron chi connectivity index (χ1n) is 11.4. The van der Waals surface area contributed by atoms with Gasteiger partial charge in [0.05, 0.1) is 17.3 Å². The number of carboxylic acids is 1. The van der Waals surface area contributed by atoms with Gasteiger partial charge in [0.1, 0.15) is 11.6 Å². The summed E-state index contributed by atoms with van der Waals surface area (Å²) >= 11 is 1.36. The number of thioether (sulfide) groups is 1. The maximum Gasteiger partial charge on any atom is 0.306 e. The molecule has 2 amide bonds. The standard InChI is InChI=1S/C25H27FN2O5S/c26-18-6-1-17-13-22(34-21(17)14-18)24(30)28-12-11-27-23(29)15-2-7-19(8-3-15)33-20-9-4-16(5-10-20)25(31)32/h1-3,6-8,14,16,20,22H,4-5,9-13H2,(H,27,29)(H,28,30)(H,31,32)/t16-,20+,22?. The van der Waals surface area contributed by atoms with Crippen molar-refractivity contribution < 1.29 is 28.6 Å². The summed E-state index contributed by atoms with van der Waals surface area (Å²) in [4.78, 5) is 36.6. The highest BCUT2D eigenvalue weighted by molar-refractivity contribution is 8.01. The highest BCUT2D eigenvalue weighted by Gasteiger charge is 2.28. The molecule has 1 fully saturated rings. The van der Waals surface area contributed by atoms with Gasteiger partial charge in [0.2, 0.25) is 5.91 Å². The topological polar surface area (TPSA) is 105 Å². The zero-order valence-electron chi connectivity index (χ0n) is 18.6. The summed E-state index contributed by atoms with van der Waals surface area (Å²) in [5.74, 6) is -1.06. The van der Waals surface area contributed by atoms with Crippen LogP contribution in [0.5, 0.6) is 5.75 Å². The summed E-state index contributed by atoms with van der Waals surface area (Å²) in [5.41, 5.74) is 1.46. The van der Waals surface area contributed by atoms with Crippen LogP contribution in [0.15, 0.2) is 47.4 Å². The quantitative estimate of drug-likeness (QED) is 0.494. The van der Waals surface area contributed by atoms with E-state index in [9.17, 15) is 18.8 Å². The first-order chi connectivity index (χ1) is 16.4. The lowest BCUT2D eigenvalue weighted by Gasteiger charge is -2.26. The normalized spacial score (nSPS) is 21.4. The molecule has 4 rings (SSSR count). The molecule has 0 saturated heterocycles. The van der Waals surface area contributed by atoms with Gasteiger partial charge in [0.15, 0.2) is 0 Å². The van der Waals surface area contributed by atoms with Crippen LogP contribution in [0.25, 0.3) is 0 Å².